The van der Waals surface area contributed by atoms with E-state index in [1.807, 2.05) is 6.07 Å². The molecule has 1 aromatic carbocycles. The Balaban J connectivity index is 1.19. The lowest BCUT2D eigenvalue weighted by molar-refractivity contribution is 0.0209. The SMILES string of the molecule is COc1cc(N2CCC(N3CCOCC3)C2)ccc1Nc1nc(NC2CCOCC2)c2nc[nH]c2n1. The Morgan fingerprint density at radius 2 is 1.86 bits per heavy atom. The number of nitrogens with one attached hydrogen (secondary N) is 3. The van der Waals surface area contributed by atoms with Crippen molar-refractivity contribution < 1.29 is 14.2 Å². The van der Waals surface area contributed by atoms with Gasteiger partial charge in [-0.2, -0.15) is 9.97 Å². The quantitative estimate of drug-likeness (QED) is 0.453. The van der Waals surface area contributed by atoms with Gasteiger partial charge in [0.25, 0.3) is 0 Å². The first-order valence-corrected chi connectivity index (χ1v) is 12.8. The highest BCUT2D eigenvalue weighted by Crippen LogP contribution is 2.34. The molecule has 3 aromatic rings. The van der Waals surface area contributed by atoms with E-state index in [2.05, 4.69) is 47.5 Å². The van der Waals surface area contributed by atoms with Crippen molar-refractivity contribution in [3.8, 4) is 5.75 Å². The highest BCUT2D eigenvalue weighted by Gasteiger charge is 2.29. The molecule has 3 N–H and O–H groups in total. The summed E-state index contributed by atoms with van der Waals surface area (Å²) in [6, 6.07) is 7.16. The third kappa shape index (κ3) is 4.91. The van der Waals surface area contributed by atoms with Gasteiger partial charge in [-0.15, -0.1) is 0 Å². The summed E-state index contributed by atoms with van der Waals surface area (Å²) in [5, 5.41) is 6.90. The molecular formula is C25H34N8O3. The Morgan fingerprint density at radius 3 is 2.69 bits per heavy atom. The minimum absolute atomic E-state index is 0.303. The van der Waals surface area contributed by atoms with Crippen LogP contribution in [0.25, 0.3) is 11.2 Å². The second kappa shape index (κ2) is 10.5. The van der Waals surface area contributed by atoms with Crippen LogP contribution in [0, 0.1) is 0 Å². The third-order valence-electron chi connectivity index (χ3n) is 7.36. The summed E-state index contributed by atoms with van der Waals surface area (Å²) in [7, 11) is 1.70. The van der Waals surface area contributed by atoms with Crippen LogP contribution in [0.3, 0.4) is 0 Å². The summed E-state index contributed by atoms with van der Waals surface area (Å²) in [6.45, 7) is 7.30. The number of nitrogens with zero attached hydrogens (tertiary/aromatic N) is 5. The number of imidazole rings is 1. The highest BCUT2D eigenvalue weighted by atomic mass is 16.5. The van der Waals surface area contributed by atoms with Gasteiger partial charge in [-0.1, -0.05) is 0 Å². The molecule has 11 nitrogen and oxygen atoms in total. The Labute approximate surface area is 210 Å². The van der Waals surface area contributed by atoms with E-state index in [9.17, 15) is 0 Å². The van der Waals surface area contributed by atoms with Crippen molar-refractivity contribution in [2.45, 2.75) is 31.3 Å². The van der Waals surface area contributed by atoms with Gasteiger partial charge in [0, 0.05) is 63.2 Å². The number of benzene rings is 1. The number of hydrogen-bond donors (Lipinski definition) is 3. The summed E-state index contributed by atoms with van der Waals surface area (Å²) in [4.78, 5) is 21.9. The van der Waals surface area contributed by atoms with Crippen LogP contribution in [0.5, 0.6) is 5.75 Å². The first-order valence-electron chi connectivity index (χ1n) is 12.8. The van der Waals surface area contributed by atoms with Gasteiger partial charge >= 0.3 is 0 Å². The molecule has 0 amide bonds. The largest absolute Gasteiger partial charge is 0.494 e. The minimum Gasteiger partial charge on any atom is -0.494 e. The fraction of sp³-hybridized carbons (Fsp3) is 0.560. The van der Waals surface area contributed by atoms with Crippen molar-refractivity contribution in [2.24, 2.45) is 0 Å². The summed E-state index contributed by atoms with van der Waals surface area (Å²) in [5.41, 5.74) is 3.41. The maximum atomic E-state index is 5.76. The zero-order valence-corrected chi connectivity index (χ0v) is 20.7. The number of morpholine rings is 1. The van der Waals surface area contributed by atoms with Crippen molar-refractivity contribution in [1.29, 1.82) is 0 Å². The smallest absolute Gasteiger partial charge is 0.231 e. The van der Waals surface area contributed by atoms with Crippen molar-refractivity contribution >= 4 is 34.3 Å². The van der Waals surface area contributed by atoms with Crippen LogP contribution in [0.15, 0.2) is 24.5 Å². The molecule has 0 bridgehead atoms. The minimum atomic E-state index is 0.303. The zero-order valence-electron chi connectivity index (χ0n) is 20.7. The van der Waals surface area contributed by atoms with E-state index in [0.29, 0.717) is 23.7 Å². The molecule has 3 fully saturated rings. The van der Waals surface area contributed by atoms with Crippen LogP contribution in [0.1, 0.15) is 19.3 Å². The Bertz CT molecular complexity index is 1180. The number of fused-ring (bicyclic) bond motifs is 1. The van der Waals surface area contributed by atoms with E-state index >= 15 is 0 Å². The monoisotopic (exact) mass is 494 g/mol. The highest BCUT2D eigenvalue weighted by molar-refractivity contribution is 5.84. The lowest BCUT2D eigenvalue weighted by Crippen LogP contribution is -2.44. The van der Waals surface area contributed by atoms with Crippen LogP contribution >= 0.6 is 0 Å². The van der Waals surface area contributed by atoms with E-state index in [4.69, 9.17) is 19.2 Å². The number of aromatic nitrogens is 4. The van der Waals surface area contributed by atoms with E-state index in [0.717, 1.165) is 88.2 Å². The summed E-state index contributed by atoms with van der Waals surface area (Å²) in [6.07, 6.45) is 4.70. The molecule has 1 atom stereocenters. The molecule has 11 heteroatoms. The Hall–Kier alpha value is -3.15. The molecule has 192 valence electrons. The molecule has 0 spiro atoms. The first kappa shape index (κ1) is 23.3. The van der Waals surface area contributed by atoms with Crippen molar-refractivity contribution in [1.82, 2.24) is 24.8 Å². The third-order valence-corrected chi connectivity index (χ3v) is 7.36. The van der Waals surface area contributed by atoms with Gasteiger partial charge in [-0.25, -0.2) is 4.98 Å². The van der Waals surface area contributed by atoms with Crippen molar-refractivity contribution in [3.05, 3.63) is 24.5 Å². The second-order valence-corrected chi connectivity index (χ2v) is 9.57. The van der Waals surface area contributed by atoms with Gasteiger partial charge in [0.1, 0.15) is 11.3 Å². The first-order chi connectivity index (χ1) is 17.8. The number of methoxy groups -OCH3 is 1. The molecule has 0 radical (unpaired) electrons. The predicted octanol–water partition coefficient (Wildman–Crippen LogP) is 2.61. The van der Waals surface area contributed by atoms with E-state index in [1.54, 1.807) is 13.4 Å². The van der Waals surface area contributed by atoms with Gasteiger partial charge in [-0.3, -0.25) is 4.90 Å². The maximum absolute atomic E-state index is 5.76. The van der Waals surface area contributed by atoms with Crippen LogP contribution in [-0.4, -0.2) is 96.6 Å². The molecule has 2 aromatic heterocycles. The summed E-state index contributed by atoms with van der Waals surface area (Å²) in [5.74, 6) is 1.97. The predicted molar refractivity (Wildman–Crippen MR) is 138 cm³/mol. The molecule has 0 aliphatic carbocycles. The summed E-state index contributed by atoms with van der Waals surface area (Å²) < 4.78 is 16.8. The van der Waals surface area contributed by atoms with E-state index in [1.165, 1.54) is 12.1 Å². The topological polar surface area (TPSA) is 113 Å². The second-order valence-electron chi connectivity index (χ2n) is 9.57. The average Bonchev–Trinajstić information content (AvgIpc) is 3.61. The Kier molecular flexibility index (Phi) is 6.75. The molecule has 36 heavy (non-hydrogen) atoms. The number of rotatable bonds is 7. The lowest BCUT2D eigenvalue weighted by atomic mass is 10.1. The van der Waals surface area contributed by atoms with Crippen molar-refractivity contribution in [2.75, 3.05) is 75.2 Å². The number of anilines is 4. The molecule has 3 aliphatic rings. The van der Waals surface area contributed by atoms with E-state index in [-0.39, 0.29) is 0 Å². The fourth-order valence-electron chi connectivity index (χ4n) is 5.34. The zero-order chi connectivity index (χ0) is 24.3. The molecule has 0 saturated carbocycles. The molecule has 3 saturated heterocycles. The van der Waals surface area contributed by atoms with E-state index < -0.39 is 0 Å². The average molecular weight is 495 g/mol. The fourth-order valence-corrected chi connectivity index (χ4v) is 5.34. The molecule has 6 rings (SSSR count). The molecular weight excluding hydrogens is 460 g/mol. The number of hydrogen-bond acceptors (Lipinski definition) is 10. The lowest BCUT2D eigenvalue weighted by Gasteiger charge is -2.32. The number of H-pyrrole nitrogens is 1. The Morgan fingerprint density at radius 1 is 1.03 bits per heavy atom. The summed E-state index contributed by atoms with van der Waals surface area (Å²) >= 11 is 0. The van der Waals surface area contributed by atoms with Crippen LogP contribution in [0.4, 0.5) is 23.1 Å². The van der Waals surface area contributed by atoms with Crippen LogP contribution in [-0.2, 0) is 9.47 Å². The molecule has 1 unspecified atom stereocenters. The van der Waals surface area contributed by atoms with Gasteiger partial charge in [0.2, 0.25) is 5.95 Å². The molecule has 3 aliphatic heterocycles. The van der Waals surface area contributed by atoms with Crippen LogP contribution < -0.4 is 20.3 Å². The van der Waals surface area contributed by atoms with Gasteiger partial charge < -0.3 is 34.7 Å². The maximum Gasteiger partial charge on any atom is 0.231 e. The normalized spacial score (nSPS) is 21.7. The van der Waals surface area contributed by atoms with Gasteiger partial charge in [-0.05, 0) is 31.4 Å². The van der Waals surface area contributed by atoms with Gasteiger partial charge in [0.05, 0.1) is 32.3 Å². The number of ether oxygens (including phenoxy) is 3. The standard InChI is InChI=1S/C25H34N8O3/c1-34-21-14-18(33-7-4-19(15-33)32-8-12-36-13-9-32)2-3-20(21)29-25-30-23-22(26-16-27-23)24(31-25)28-17-5-10-35-11-6-17/h2-3,14,16-17,19H,4-13,15H2,1H3,(H3,26,27,28,29,30,31). The van der Waals surface area contributed by atoms with Gasteiger partial charge in [0.15, 0.2) is 11.5 Å². The number of aromatic amines is 1. The van der Waals surface area contributed by atoms with Crippen LogP contribution in [0.2, 0.25) is 0 Å². The molecule has 5 heterocycles. The van der Waals surface area contributed by atoms with Crippen molar-refractivity contribution in [3.63, 3.8) is 0 Å².